The van der Waals surface area contributed by atoms with Gasteiger partial charge in [0.05, 0.1) is 19.3 Å². The Morgan fingerprint density at radius 3 is 2.55 bits per heavy atom. The number of esters is 1. The third-order valence-electron chi connectivity index (χ3n) is 3.37. The van der Waals surface area contributed by atoms with Crippen LogP contribution in [0.2, 0.25) is 0 Å². The molecule has 2 aromatic rings. The van der Waals surface area contributed by atoms with E-state index in [2.05, 4.69) is 15.9 Å². The highest BCUT2D eigenvalue weighted by molar-refractivity contribution is 9.10. The number of rotatable bonds is 5. The Hall–Kier alpha value is -1.91. The van der Waals surface area contributed by atoms with Gasteiger partial charge in [-0.1, -0.05) is 48.5 Å². The molecular weight excluding hydrogens is 344 g/mol. The summed E-state index contributed by atoms with van der Waals surface area (Å²) in [4.78, 5) is 11.9. The Labute approximate surface area is 138 Å². The summed E-state index contributed by atoms with van der Waals surface area (Å²) in [6.45, 7) is -0.0500. The fourth-order valence-corrected chi connectivity index (χ4v) is 2.80. The number of hydrogen-bond acceptors (Lipinski definition) is 3. The summed E-state index contributed by atoms with van der Waals surface area (Å²) in [6, 6.07) is 15.3. The van der Waals surface area contributed by atoms with E-state index in [0.29, 0.717) is 16.5 Å². The second-order valence-corrected chi connectivity index (χ2v) is 5.58. The summed E-state index contributed by atoms with van der Waals surface area (Å²) >= 11 is 3.39. The van der Waals surface area contributed by atoms with Crippen LogP contribution in [0.5, 0.6) is 0 Å². The molecule has 4 heteroatoms. The number of methoxy groups -OCH3 is 1. The SMILES string of the molecule is COC(=O)c1c(Br)cccc1CC=C(CO)c1ccccc1. The van der Waals surface area contributed by atoms with Crippen molar-refractivity contribution in [2.75, 3.05) is 13.7 Å². The van der Waals surface area contributed by atoms with Crippen LogP contribution in [0.25, 0.3) is 5.57 Å². The fraction of sp³-hybridized carbons (Fsp3) is 0.167. The van der Waals surface area contributed by atoms with Gasteiger partial charge in [-0.3, -0.25) is 0 Å². The van der Waals surface area contributed by atoms with Crippen molar-refractivity contribution < 1.29 is 14.6 Å². The molecule has 0 bridgehead atoms. The van der Waals surface area contributed by atoms with E-state index in [-0.39, 0.29) is 12.6 Å². The maximum atomic E-state index is 11.9. The number of carbonyl (C=O) groups excluding carboxylic acids is 1. The molecule has 0 heterocycles. The lowest BCUT2D eigenvalue weighted by molar-refractivity contribution is 0.0598. The zero-order valence-electron chi connectivity index (χ0n) is 12.3. The predicted molar refractivity (Wildman–Crippen MR) is 90.7 cm³/mol. The molecule has 0 aliphatic heterocycles. The van der Waals surface area contributed by atoms with Crippen LogP contribution in [0.1, 0.15) is 21.5 Å². The number of allylic oxidation sites excluding steroid dienone is 1. The summed E-state index contributed by atoms with van der Waals surface area (Å²) in [5, 5.41) is 9.57. The number of hydrogen-bond donors (Lipinski definition) is 1. The molecule has 0 aliphatic rings. The van der Waals surface area contributed by atoms with Gasteiger partial charge in [0.2, 0.25) is 0 Å². The molecular formula is C18H17BrO3. The van der Waals surface area contributed by atoms with E-state index < -0.39 is 0 Å². The highest BCUT2D eigenvalue weighted by Gasteiger charge is 2.14. The summed E-state index contributed by atoms with van der Waals surface area (Å²) in [6.07, 6.45) is 2.47. The molecule has 22 heavy (non-hydrogen) atoms. The molecule has 0 aromatic heterocycles. The second-order valence-electron chi connectivity index (χ2n) is 4.72. The molecule has 0 saturated carbocycles. The van der Waals surface area contributed by atoms with Crippen molar-refractivity contribution in [1.29, 1.82) is 0 Å². The van der Waals surface area contributed by atoms with Crippen LogP contribution in [0.4, 0.5) is 0 Å². The normalized spacial score (nSPS) is 11.3. The maximum Gasteiger partial charge on any atom is 0.339 e. The Kier molecular flexibility index (Phi) is 5.92. The Morgan fingerprint density at radius 1 is 1.18 bits per heavy atom. The average molecular weight is 361 g/mol. The number of aliphatic hydroxyl groups excluding tert-OH is 1. The van der Waals surface area contributed by atoms with E-state index >= 15 is 0 Å². The first-order valence-electron chi connectivity index (χ1n) is 6.88. The van der Waals surface area contributed by atoms with Gasteiger partial charge in [-0.15, -0.1) is 0 Å². The van der Waals surface area contributed by atoms with Crippen molar-refractivity contribution in [2.45, 2.75) is 6.42 Å². The predicted octanol–water partition coefficient (Wildman–Crippen LogP) is 3.85. The summed E-state index contributed by atoms with van der Waals surface area (Å²) in [5.41, 5.74) is 3.17. The van der Waals surface area contributed by atoms with Crippen LogP contribution >= 0.6 is 15.9 Å². The second kappa shape index (κ2) is 7.92. The van der Waals surface area contributed by atoms with Crippen LogP contribution in [-0.2, 0) is 11.2 Å². The molecule has 3 nitrogen and oxygen atoms in total. The van der Waals surface area contributed by atoms with Crippen molar-refractivity contribution in [3.8, 4) is 0 Å². The van der Waals surface area contributed by atoms with Gasteiger partial charge in [0.1, 0.15) is 0 Å². The smallest absolute Gasteiger partial charge is 0.339 e. The van der Waals surface area contributed by atoms with Gasteiger partial charge in [-0.05, 0) is 45.1 Å². The third kappa shape index (κ3) is 3.84. The number of ether oxygens (including phenoxy) is 1. The van der Waals surface area contributed by atoms with Crippen molar-refractivity contribution in [1.82, 2.24) is 0 Å². The zero-order valence-corrected chi connectivity index (χ0v) is 13.8. The van der Waals surface area contributed by atoms with Crippen molar-refractivity contribution in [3.05, 3.63) is 75.8 Å². The largest absolute Gasteiger partial charge is 0.465 e. The number of aliphatic hydroxyl groups is 1. The van der Waals surface area contributed by atoms with Crippen molar-refractivity contribution in [2.24, 2.45) is 0 Å². The first-order chi connectivity index (χ1) is 10.7. The molecule has 0 unspecified atom stereocenters. The van der Waals surface area contributed by atoms with Gasteiger partial charge in [0.25, 0.3) is 0 Å². The van der Waals surface area contributed by atoms with E-state index in [9.17, 15) is 9.90 Å². The Bertz CT molecular complexity index is 678. The highest BCUT2D eigenvalue weighted by Crippen LogP contribution is 2.23. The number of halogens is 1. The van der Waals surface area contributed by atoms with Crippen LogP contribution in [0, 0.1) is 0 Å². The lowest BCUT2D eigenvalue weighted by atomic mass is 10.0. The standard InChI is InChI=1S/C18H17BrO3/c1-22-18(21)17-14(8-5-9-16(17)19)10-11-15(12-20)13-6-3-2-4-7-13/h2-9,11,20H,10,12H2,1H3. The monoisotopic (exact) mass is 360 g/mol. The summed E-state index contributed by atoms with van der Waals surface area (Å²) < 4.78 is 5.54. The van der Waals surface area contributed by atoms with Gasteiger partial charge < -0.3 is 9.84 Å². The summed E-state index contributed by atoms with van der Waals surface area (Å²) in [5.74, 6) is -0.374. The topological polar surface area (TPSA) is 46.5 Å². The van der Waals surface area contributed by atoms with Crippen LogP contribution in [0.3, 0.4) is 0 Å². The van der Waals surface area contributed by atoms with E-state index in [1.807, 2.05) is 54.6 Å². The number of benzene rings is 2. The minimum atomic E-state index is -0.374. The Balaban J connectivity index is 2.33. The first kappa shape index (κ1) is 16.5. The molecule has 2 rings (SSSR count). The van der Waals surface area contributed by atoms with Gasteiger partial charge in [0.15, 0.2) is 0 Å². The van der Waals surface area contributed by atoms with Crippen LogP contribution < -0.4 is 0 Å². The molecule has 0 saturated heterocycles. The molecule has 0 spiro atoms. The van der Waals surface area contributed by atoms with E-state index in [0.717, 1.165) is 16.7 Å². The number of carbonyl (C=O) groups is 1. The first-order valence-corrected chi connectivity index (χ1v) is 7.67. The lowest BCUT2D eigenvalue weighted by Crippen LogP contribution is -2.06. The zero-order chi connectivity index (χ0) is 15.9. The Morgan fingerprint density at radius 2 is 1.91 bits per heavy atom. The van der Waals surface area contributed by atoms with Gasteiger partial charge in [-0.2, -0.15) is 0 Å². The van der Waals surface area contributed by atoms with Gasteiger partial charge in [-0.25, -0.2) is 4.79 Å². The molecule has 0 fully saturated rings. The van der Waals surface area contributed by atoms with Gasteiger partial charge in [0, 0.05) is 4.47 Å². The molecule has 0 atom stereocenters. The minimum absolute atomic E-state index is 0.0500. The van der Waals surface area contributed by atoms with Gasteiger partial charge >= 0.3 is 5.97 Å². The maximum absolute atomic E-state index is 11.9. The van der Waals surface area contributed by atoms with Crippen LogP contribution in [-0.4, -0.2) is 24.8 Å². The quantitative estimate of drug-likeness (QED) is 0.823. The van der Waals surface area contributed by atoms with Crippen molar-refractivity contribution >= 4 is 27.5 Å². The molecule has 1 N–H and O–H groups in total. The van der Waals surface area contributed by atoms with E-state index in [1.54, 1.807) is 0 Å². The third-order valence-corrected chi connectivity index (χ3v) is 4.03. The van der Waals surface area contributed by atoms with E-state index in [1.165, 1.54) is 7.11 Å². The molecule has 0 radical (unpaired) electrons. The average Bonchev–Trinajstić information content (AvgIpc) is 2.56. The molecule has 114 valence electrons. The molecule has 0 aliphatic carbocycles. The fourth-order valence-electron chi connectivity index (χ4n) is 2.23. The summed E-state index contributed by atoms with van der Waals surface area (Å²) in [7, 11) is 1.37. The molecule has 2 aromatic carbocycles. The highest BCUT2D eigenvalue weighted by atomic mass is 79.9. The minimum Gasteiger partial charge on any atom is -0.465 e. The van der Waals surface area contributed by atoms with Crippen LogP contribution in [0.15, 0.2) is 59.1 Å². The van der Waals surface area contributed by atoms with Crippen molar-refractivity contribution in [3.63, 3.8) is 0 Å². The lowest BCUT2D eigenvalue weighted by Gasteiger charge is -2.09. The van der Waals surface area contributed by atoms with E-state index in [4.69, 9.17) is 4.74 Å². The molecule has 0 amide bonds.